The largest absolute Gasteiger partial charge is 0.462 e. The lowest BCUT2D eigenvalue weighted by molar-refractivity contribution is -0.167. The molecule has 0 fully saturated rings. The van der Waals surface area contributed by atoms with E-state index in [2.05, 4.69) is 154 Å². The van der Waals surface area contributed by atoms with Crippen LogP contribution in [0.5, 0.6) is 0 Å². The highest BCUT2D eigenvalue weighted by atomic mass is 16.6. The molecule has 1 atom stereocenters. The molecule has 0 aliphatic rings. The number of carbonyl (C=O) groups is 3. The Morgan fingerprint density at radius 3 is 0.753 bits per heavy atom. The van der Waals surface area contributed by atoms with Crippen LogP contribution in [0.2, 0.25) is 0 Å². The summed E-state index contributed by atoms with van der Waals surface area (Å²) in [5.41, 5.74) is 0. The van der Waals surface area contributed by atoms with E-state index >= 15 is 0 Å². The number of esters is 3. The summed E-state index contributed by atoms with van der Waals surface area (Å²) < 4.78 is 16.9. The van der Waals surface area contributed by atoms with Crippen molar-refractivity contribution in [3.05, 3.63) is 134 Å². The lowest BCUT2D eigenvalue weighted by Crippen LogP contribution is -2.30. The fourth-order valence-electron chi connectivity index (χ4n) is 9.18. The van der Waals surface area contributed by atoms with Crippen molar-refractivity contribution in [2.75, 3.05) is 13.2 Å². The third-order valence-corrected chi connectivity index (χ3v) is 14.2. The number of unbranched alkanes of at least 4 members (excludes halogenated alkanes) is 27. The Kier molecular flexibility index (Phi) is 64.3. The second-order valence-corrected chi connectivity index (χ2v) is 22.0. The van der Waals surface area contributed by atoms with Crippen LogP contribution in [0.3, 0.4) is 0 Å². The van der Waals surface area contributed by atoms with Gasteiger partial charge < -0.3 is 14.2 Å². The summed E-state index contributed by atoms with van der Waals surface area (Å²) in [7, 11) is 0. The molecule has 0 heterocycles. The Morgan fingerprint density at radius 1 is 0.259 bits per heavy atom. The van der Waals surface area contributed by atoms with E-state index in [1.54, 1.807) is 0 Å². The Bertz CT molecular complexity index is 1720. The fraction of sp³-hybridized carbons (Fsp3) is 0.667. The summed E-state index contributed by atoms with van der Waals surface area (Å²) in [6.45, 7) is 6.42. The van der Waals surface area contributed by atoms with E-state index in [0.717, 1.165) is 141 Å². The zero-order chi connectivity index (χ0) is 58.5. The smallest absolute Gasteiger partial charge is 0.306 e. The summed E-state index contributed by atoms with van der Waals surface area (Å²) >= 11 is 0. The summed E-state index contributed by atoms with van der Waals surface area (Å²) in [6, 6.07) is 0. The van der Waals surface area contributed by atoms with Gasteiger partial charge >= 0.3 is 17.9 Å². The number of hydrogen-bond acceptors (Lipinski definition) is 6. The first-order valence-corrected chi connectivity index (χ1v) is 33.7. The molecule has 6 nitrogen and oxygen atoms in total. The van der Waals surface area contributed by atoms with Gasteiger partial charge in [-0.25, -0.2) is 0 Å². The second-order valence-electron chi connectivity index (χ2n) is 22.0. The highest BCUT2D eigenvalue weighted by Crippen LogP contribution is 2.16. The lowest BCUT2D eigenvalue weighted by Gasteiger charge is -2.18. The standard InChI is InChI=1S/C75H124O6/c1-4-7-10-13-16-19-22-25-27-29-31-33-34-35-36-37-38-39-40-42-43-45-47-50-53-56-59-62-65-68-74(77)80-71-72(70-79-73(76)67-64-61-58-55-52-49-24-21-18-15-12-9-6-3)81-75(78)69-66-63-60-57-54-51-48-46-44-41-32-30-28-26-23-20-17-14-11-8-5-2/h7-8,10-11,16-17,19-20,25-28,31-33,35-36,38-39,41-43,72H,4-6,9,12-15,18,21-24,29-30,34,37,40,44-71H2,1-3H3/b10-7-,11-8-,19-16-,20-17-,27-25-,28-26-,33-31-,36-35-,39-38-,41-32-,43-42-. The monoisotopic (exact) mass is 1120 g/mol. The average Bonchev–Trinajstić information content (AvgIpc) is 3.46. The number of rotatable bonds is 60. The van der Waals surface area contributed by atoms with Crippen molar-refractivity contribution in [1.29, 1.82) is 0 Å². The van der Waals surface area contributed by atoms with Crippen molar-refractivity contribution < 1.29 is 28.6 Å². The van der Waals surface area contributed by atoms with Crippen LogP contribution in [0, 0.1) is 0 Å². The number of hydrogen-bond donors (Lipinski definition) is 0. The Labute approximate surface area is 500 Å². The summed E-state index contributed by atoms with van der Waals surface area (Å²) in [6.07, 6.45) is 96.0. The molecule has 81 heavy (non-hydrogen) atoms. The fourth-order valence-corrected chi connectivity index (χ4v) is 9.18. The van der Waals surface area contributed by atoms with E-state index in [-0.39, 0.29) is 31.1 Å². The molecule has 0 aliphatic carbocycles. The van der Waals surface area contributed by atoms with Gasteiger partial charge in [-0.15, -0.1) is 0 Å². The first-order chi connectivity index (χ1) is 40.0. The quantitative estimate of drug-likeness (QED) is 0.0261. The first kappa shape index (κ1) is 76.5. The molecule has 460 valence electrons. The molecule has 1 unspecified atom stereocenters. The third kappa shape index (κ3) is 66.2. The SMILES string of the molecule is CC/C=C\C/C=C\C/C=C\C/C=C\C/C=C\C/C=C\C/C=C\CCCCCCCCCC(=O)OCC(COC(=O)CCCCCCCCCCCCCCC)OC(=O)CCCCCCCCCC/C=C\C/C=C\C/C=C\C/C=C\CC. The van der Waals surface area contributed by atoms with Gasteiger partial charge in [0.05, 0.1) is 0 Å². The Balaban J connectivity index is 4.36. The topological polar surface area (TPSA) is 78.9 Å². The highest BCUT2D eigenvalue weighted by Gasteiger charge is 2.19. The van der Waals surface area contributed by atoms with Gasteiger partial charge in [-0.05, 0) is 116 Å². The van der Waals surface area contributed by atoms with Crippen molar-refractivity contribution >= 4 is 17.9 Å². The minimum atomic E-state index is -0.791. The molecule has 0 saturated heterocycles. The molecule has 0 aromatic heterocycles. The molecule has 0 amide bonds. The second kappa shape index (κ2) is 68.1. The molecule has 0 aromatic carbocycles. The zero-order valence-electron chi connectivity index (χ0n) is 52.8. The number of ether oxygens (including phenoxy) is 3. The molecule has 0 N–H and O–H groups in total. The van der Waals surface area contributed by atoms with Gasteiger partial charge in [0.15, 0.2) is 6.10 Å². The molecule has 6 heteroatoms. The summed E-state index contributed by atoms with van der Waals surface area (Å²) in [4.78, 5) is 38.4. The average molecular weight is 1120 g/mol. The molecule has 0 aromatic rings. The first-order valence-electron chi connectivity index (χ1n) is 33.7. The van der Waals surface area contributed by atoms with Gasteiger partial charge in [0.25, 0.3) is 0 Å². The molecule has 0 radical (unpaired) electrons. The van der Waals surface area contributed by atoms with Crippen LogP contribution in [0.15, 0.2) is 134 Å². The molecular formula is C75H124O6. The van der Waals surface area contributed by atoms with E-state index in [9.17, 15) is 14.4 Å². The summed E-state index contributed by atoms with van der Waals surface area (Å²) in [5.74, 6) is -0.898. The maximum absolute atomic E-state index is 12.9. The molecule has 0 rings (SSSR count). The van der Waals surface area contributed by atoms with E-state index in [1.165, 1.54) is 122 Å². The van der Waals surface area contributed by atoms with Gasteiger partial charge in [0.2, 0.25) is 0 Å². The Morgan fingerprint density at radius 2 is 0.481 bits per heavy atom. The van der Waals surface area contributed by atoms with Crippen molar-refractivity contribution in [1.82, 2.24) is 0 Å². The summed E-state index contributed by atoms with van der Waals surface area (Å²) in [5, 5.41) is 0. The third-order valence-electron chi connectivity index (χ3n) is 14.2. The van der Waals surface area contributed by atoms with Gasteiger partial charge in [0, 0.05) is 19.3 Å². The van der Waals surface area contributed by atoms with Crippen LogP contribution in [0.1, 0.15) is 303 Å². The van der Waals surface area contributed by atoms with Crippen LogP contribution >= 0.6 is 0 Å². The van der Waals surface area contributed by atoms with E-state index in [4.69, 9.17) is 14.2 Å². The maximum Gasteiger partial charge on any atom is 0.306 e. The van der Waals surface area contributed by atoms with Gasteiger partial charge in [-0.3, -0.25) is 14.4 Å². The van der Waals surface area contributed by atoms with E-state index in [1.807, 2.05) is 0 Å². The van der Waals surface area contributed by atoms with Crippen LogP contribution in [-0.4, -0.2) is 37.2 Å². The molecular weight excluding hydrogens is 997 g/mol. The van der Waals surface area contributed by atoms with Crippen molar-refractivity contribution in [3.8, 4) is 0 Å². The molecule has 0 aliphatic heterocycles. The predicted octanol–water partition coefficient (Wildman–Crippen LogP) is 23.3. The normalized spacial score (nSPS) is 13.0. The van der Waals surface area contributed by atoms with Crippen molar-refractivity contribution in [2.24, 2.45) is 0 Å². The molecule has 0 saturated carbocycles. The van der Waals surface area contributed by atoms with Crippen LogP contribution < -0.4 is 0 Å². The molecule has 0 spiro atoms. The van der Waals surface area contributed by atoms with E-state index in [0.29, 0.717) is 19.3 Å². The lowest BCUT2D eigenvalue weighted by atomic mass is 10.0. The number of carbonyl (C=O) groups excluding carboxylic acids is 3. The molecule has 0 bridgehead atoms. The van der Waals surface area contributed by atoms with Gasteiger partial charge in [-0.2, -0.15) is 0 Å². The zero-order valence-corrected chi connectivity index (χ0v) is 52.8. The Hall–Kier alpha value is -4.45. The maximum atomic E-state index is 12.9. The minimum absolute atomic E-state index is 0.0855. The van der Waals surface area contributed by atoms with E-state index < -0.39 is 6.10 Å². The van der Waals surface area contributed by atoms with Crippen LogP contribution in [-0.2, 0) is 28.6 Å². The van der Waals surface area contributed by atoms with Crippen molar-refractivity contribution in [2.45, 2.75) is 309 Å². The highest BCUT2D eigenvalue weighted by molar-refractivity contribution is 5.71. The van der Waals surface area contributed by atoms with Gasteiger partial charge in [0.1, 0.15) is 13.2 Å². The number of allylic oxidation sites excluding steroid dienone is 22. The van der Waals surface area contributed by atoms with Crippen LogP contribution in [0.25, 0.3) is 0 Å². The minimum Gasteiger partial charge on any atom is -0.462 e. The van der Waals surface area contributed by atoms with Crippen LogP contribution in [0.4, 0.5) is 0 Å². The van der Waals surface area contributed by atoms with Crippen molar-refractivity contribution in [3.63, 3.8) is 0 Å². The van der Waals surface area contributed by atoms with Gasteiger partial charge in [-0.1, -0.05) is 302 Å². The predicted molar refractivity (Wildman–Crippen MR) is 353 cm³/mol.